The number of benzene rings is 2. The first-order valence-electron chi connectivity index (χ1n) is 21.3. The topological polar surface area (TPSA) is 148 Å². The number of nitrogens with one attached hydrogen (secondary N) is 1. The van der Waals surface area contributed by atoms with Gasteiger partial charge in [0.25, 0.3) is 17.7 Å². The largest absolute Gasteiger partial charge is 0.490 e. The Balaban J connectivity index is 0.636. The SMILES string of the molecule is Cc1cc(-c2ccc3c4cnccc4n(C)c3c2)cnc1N1CC(OC2CCN(CC(F)(F)COC3CC(Oc4ccc5c(c4)C(=O)N(C4CCC(=O)NC4=O)C5=O)C3)CC2)C1. The molecule has 5 aliphatic rings. The van der Waals surface area contributed by atoms with Crippen molar-refractivity contribution in [3.63, 3.8) is 0 Å². The van der Waals surface area contributed by atoms with Crippen LogP contribution in [0.1, 0.15) is 64.8 Å². The lowest BCUT2D eigenvalue weighted by Crippen LogP contribution is -2.55. The van der Waals surface area contributed by atoms with Crippen LogP contribution in [0.3, 0.4) is 0 Å². The van der Waals surface area contributed by atoms with Gasteiger partial charge in [0.2, 0.25) is 11.8 Å². The van der Waals surface area contributed by atoms with Crippen molar-refractivity contribution < 1.29 is 42.2 Å². The van der Waals surface area contributed by atoms with Gasteiger partial charge in [-0.3, -0.25) is 39.3 Å². The Bertz CT molecular complexity index is 2620. The highest BCUT2D eigenvalue weighted by atomic mass is 19.3. The number of amides is 4. The number of pyridine rings is 2. The predicted octanol–water partition coefficient (Wildman–Crippen LogP) is 5.43. The van der Waals surface area contributed by atoms with Gasteiger partial charge in [0.05, 0.1) is 41.5 Å². The quantitative estimate of drug-likeness (QED) is 0.160. The molecule has 0 radical (unpaired) electrons. The number of anilines is 1. The molecule has 1 aliphatic carbocycles. The lowest BCUT2D eigenvalue weighted by molar-refractivity contribution is -0.147. The number of carbonyl (C=O) groups excluding carboxylic acids is 4. The summed E-state index contributed by atoms with van der Waals surface area (Å²) in [4.78, 5) is 64.1. The van der Waals surface area contributed by atoms with E-state index in [1.54, 1.807) is 11.0 Å². The molecule has 5 aromatic rings. The lowest BCUT2D eigenvalue weighted by Gasteiger charge is -2.43. The number of hydrogen-bond acceptors (Lipinski definition) is 11. The van der Waals surface area contributed by atoms with Crippen LogP contribution in [0.2, 0.25) is 0 Å². The number of alkyl halides is 2. The zero-order chi connectivity index (χ0) is 42.9. The van der Waals surface area contributed by atoms with Crippen LogP contribution in [0.25, 0.3) is 32.9 Å². The van der Waals surface area contributed by atoms with Crippen molar-refractivity contribution in [3.8, 4) is 16.9 Å². The second kappa shape index (κ2) is 15.8. The van der Waals surface area contributed by atoms with Crippen LogP contribution in [0.15, 0.2) is 67.1 Å². The summed E-state index contributed by atoms with van der Waals surface area (Å²) in [5.41, 5.74) is 5.84. The van der Waals surface area contributed by atoms with Crippen molar-refractivity contribution in [3.05, 3.63) is 83.8 Å². The average molecular weight is 848 g/mol. The molecule has 1 saturated carbocycles. The number of halogens is 2. The lowest BCUT2D eigenvalue weighted by atomic mass is 9.92. The molecule has 16 heteroatoms. The van der Waals surface area contributed by atoms with E-state index in [1.165, 1.54) is 17.5 Å². The zero-order valence-electron chi connectivity index (χ0n) is 34.5. The first-order valence-corrected chi connectivity index (χ1v) is 21.3. The smallest absolute Gasteiger partial charge is 0.283 e. The Morgan fingerprint density at radius 2 is 1.61 bits per heavy atom. The van der Waals surface area contributed by atoms with Crippen LogP contribution in [-0.2, 0) is 26.1 Å². The van der Waals surface area contributed by atoms with E-state index in [4.69, 9.17) is 19.2 Å². The van der Waals surface area contributed by atoms with Crippen molar-refractivity contribution >= 4 is 51.3 Å². The van der Waals surface area contributed by atoms with E-state index < -0.39 is 42.2 Å². The van der Waals surface area contributed by atoms with Gasteiger partial charge in [0, 0.05) is 92.9 Å². The van der Waals surface area contributed by atoms with E-state index in [-0.39, 0.29) is 54.9 Å². The third kappa shape index (κ3) is 7.57. The van der Waals surface area contributed by atoms with E-state index in [0.29, 0.717) is 44.5 Å². The third-order valence-electron chi connectivity index (χ3n) is 13.0. The number of piperidine rings is 2. The number of imide groups is 2. The van der Waals surface area contributed by atoms with Crippen molar-refractivity contribution in [1.29, 1.82) is 0 Å². The Hall–Kier alpha value is -5.84. The van der Waals surface area contributed by atoms with Crippen LogP contribution in [0.4, 0.5) is 14.6 Å². The first-order chi connectivity index (χ1) is 29.9. The minimum Gasteiger partial charge on any atom is -0.490 e. The zero-order valence-corrected chi connectivity index (χ0v) is 34.5. The highest BCUT2D eigenvalue weighted by Crippen LogP contribution is 2.36. The van der Waals surface area contributed by atoms with E-state index in [0.717, 1.165) is 56.9 Å². The molecule has 3 saturated heterocycles. The number of nitrogens with zero attached hydrogens (tertiary/aromatic N) is 6. The number of aromatic nitrogens is 3. The number of carbonyl (C=O) groups is 4. The third-order valence-corrected chi connectivity index (χ3v) is 13.0. The number of aryl methyl sites for hydroxylation is 2. The second-order valence-electron chi connectivity index (χ2n) is 17.3. The Morgan fingerprint density at radius 1 is 0.823 bits per heavy atom. The van der Waals surface area contributed by atoms with Gasteiger partial charge in [0.15, 0.2) is 0 Å². The summed E-state index contributed by atoms with van der Waals surface area (Å²) in [5.74, 6) is -4.05. The van der Waals surface area contributed by atoms with E-state index >= 15 is 8.78 Å². The maximum absolute atomic E-state index is 15.1. The van der Waals surface area contributed by atoms with Crippen molar-refractivity contribution in [2.24, 2.45) is 7.05 Å². The van der Waals surface area contributed by atoms with Crippen LogP contribution in [-0.4, -0.2) is 124 Å². The molecule has 322 valence electrons. The number of likely N-dealkylation sites (tertiary alicyclic amines) is 1. The number of fused-ring (bicyclic) bond motifs is 4. The van der Waals surface area contributed by atoms with Gasteiger partial charge in [-0.2, -0.15) is 0 Å². The van der Waals surface area contributed by atoms with Gasteiger partial charge in [0.1, 0.15) is 30.3 Å². The van der Waals surface area contributed by atoms with E-state index in [9.17, 15) is 19.2 Å². The first kappa shape index (κ1) is 40.2. The normalized spacial score (nSPS) is 22.6. The molecule has 7 heterocycles. The van der Waals surface area contributed by atoms with Crippen LogP contribution < -0.4 is 15.0 Å². The summed E-state index contributed by atoms with van der Waals surface area (Å²) >= 11 is 0. The number of rotatable bonds is 12. The fraction of sp³-hybridized carbons (Fsp3) is 0.435. The number of hydrogen-bond donors (Lipinski definition) is 1. The van der Waals surface area contributed by atoms with Crippen LogP contribution in [0.5, 0.6) is 5.75 Å². The standard InChI is InChI=1S/C46H47F2N7O7/c1-26-15-28(27-3-5-34-37-21-49-12-9-38(37)52(2)40(34)16-27)20-50-42(26)54-22-33(23-54)61-29-10-13-53(14-11-29)24-46(47,48)25-60-31-17-32(18-31)62-30-4-6-35-36(19-30)45(59)55(44(35)58)39-7-8-41(56)51-43(39)57/h3-6,9,12,15-16,19-21,29,31-33,39H,7-8,10-11,13-14,17-18,22-25H2,1-2H3,(H,51,56,57). The monoisotopic (exact) mass is 847 g/mol. The van der Waals surface area contributed by atoms with Gasteiger partial charge in [-0.25, -0.2) is 13.8 Å². The van der Waals surface area contributed by atoms with Crippen molar-refractivity contribution in [2.75, 3.05) is 44.2 Å². The molecule has 10 rings (SSSR count). The van der Waals surface area contributed by atoms with E-state index in [1.807, 2.05) is 24.7 Å². The summed E-state index contributed by atoms with van der Waals surface area (Å²) in [7, 11) is 2.08. The predicted molar refractivity (Wildman–Crippen MR) is 224 cm³/mol. The minimum absolute atomic E-state index is 0.0278. The summed E-state index contributed by atoms with van der Waals surface area (Å²) in [5, 5.41) is 4.49. The molecule has 1 unspecified atom stereocenters. The molecular formula is C46H47F2N7O7. The highest BCUT2D eigenvalue weighted by molar-refractivity contribution is 6.23. The second-order valence-corrected chi connectivity index (χ2v) is 17.3. The van der Waals surface area contributed by atoms with E-state index in [2.05, 4.69) is 58.0 Å². The summed E-state index contributed by atoms with van der Waals surface area (Å²) in [6.07, 6.45) is 7.39. The van der Waals surface area contributed by atoms with Crippen LogP contribution in [0, 0.1) is 6.92 Å². The molecule has 0 spiro atoms. The molecule has 1 N–H and O–H groups in total. The van der Waals surface area contributed by atoms with Gasteiger partial charge in [-0.05, 0) is 73.7 Å². The highest BCUT2D eigenvalue weighted by Gasteiger charge is 2.45. The maximum atomic E-state index is 15.1. The van der Waals surface area contributed by atoms with Gasteiger partial charge in [-0.15, -0.1) is 0 Å². The van der Waals surface area contributed by atoms with Gasteiger partial charge >= 0.3 is 0 Å². The van der Waals surface area contributed by atoms with Crippen molar-refractivity contribution in [2.45, 2.75) is 81.8 Å². The molecule has 4 amide bonds. The molecule has 62 heavy (non-hydrogen) atoms. The summed E-state index contributed by atoms with van der Waals surface area (Å²) in [6.45, 7) is 3.56. The molecule has 4 fully saturated rings. The minimum atomic E-state index is -3.02. The molecule has 3 aromatic heterocycles. The average Bonchev–Trinajstić information content (AvgIpc) is 3.65. The summed E-state index contributed by atoms with van der Waals surface area (Å²) in [6, 6.07) is 14.2. The molecule has 14 nitrogen and oxygen atoms in total. The molecule has 1 atom stereocenters. The summed E-state index contributed by atoms with van der Waals surface area (Å²) < 4.78 is 50.3. The maximum Gasteiger partial charge on any atom is 0.283 e. The number of ether oxygens (including phenoxy) is 3. The fourth-order valence-electron chi connectivity index (χ4n) is 9.54. The van der Waals surface area contributed by atoms with Gasteiger partial charge in [-0.1, -0.05) is 12.1 Å². The Kier molecular flexibility index (Phi) is 10.3. The van der Waals surface area contributed by atoms with Crippen molar-refractivity contribution in [1.82, 2.24) is 29.7 Å². The molecule has 4 aliphatic heterocycles. The molecular weight excluding hydrogens is 801 g/mol. The Labute approximate surface area is 356 Å². The molecule has 0 bridgehead atoms. The molecule has 2 aromatic carbocycles. The Morgan fingerprint density at radius 3 is 2.39 bits per heavy atom. The fourth-order valence-corrected chi connectivity index (χ4v) is 9.54. The van der Waals surface area contributed by atoms with Crippen LogP contribution >= 0.6 is 0 Å². The van der Waals surface area contributed by atoms with Gasteiger partial charge < -0.3 is 23.7 Å².